The largest absolute Gasteiger partial charge is 0.470 e. The highest BCUT2D eigenvalue weighted by Crippen LogP contribution is 2.24. The van der Waals surface area contributed by atoms with Crippen LogP contribution in [0.25, 0.3) is 11.1 Å². The van der Waals surface area contributed by atoms with E-state index in [2.05, 4.69) is 9.97 Å². The van der Waals surface area contributed by atoms with E-state index in [4.69, 9.17) is 9.15 Å². The maximum Gasteiger partial charge on any atom is 0.420 e. The average molecular weight is 397 g/mol. The highest BCUT2D eigenvalue weighted by atomic mass is 16.5. The lowest BCUT2D eigenvalue weighted by molar-refractivity contribution is -0.134. The number of anilines is 1. The molecule has 1 aromatic carbocycles. The third-order valence-electron chi connectivity index (χ3n) is 4.95. The Hall–Kier alpha value is -3.36. The van der Waals surface area contributed by atoms with Crippen molar-refractivity contribution in [1.82, 2.24) is 19.4 Å². The van der Waals surface area contributed by atoms with Gasteiger partial charge in [-0.3, -0.25) is 9.36 Å². The molecule has 1 saturated heterocycles. The molecule has 2 aromatic heterocycles. The zero-order chi connectivity index (χ0) is 20.4. The Labute approximate surface area is 167 Å². The van der Waals surface area contributed by atoms with Crippen molar-refractivity contribution in [2.24, 2.45) is 0 Å². The number of rotatable bonds is 5. The summed E-state index contributed by atoms with van der Waals surface area (Å²) in [6.07, 6.45) is 4.66. The van der Waals surface area contributed by atoms with Crippen molar-refractivity contribution in [3.63, 3.8) is 0 Å². The normalized spacial score (nSPS) is 16.8. The number of ether oxygens (including phenoxy) is 1. The maximum atomic E-state index is 12.9. The van der Waals surface area contributed by atoms with Crippen LogP contribution in [0.3, 0.4) is 0 Å². The Morgan fingerprint density at radius 2 is 2.07 bits per heavy atom. The molecule has 0 radical (unpaired) electrons. The molecule has 152 valence electrons. The second-order valence-corrected chi connectivity index (χ2v) is 7.22. The Morgan fingerprint density at radius 3 is 2.90 bits per heavy atom. The van der Waals surface area contributed by atoms with Gasteiger partial charge in [-0.1, -0.05) is 12.1 Å². The van der Waals surface area contributed by atoms with E-state index in [9.17, 15) is 9.59 Å². The molecule has 0 unspecified atom stereocenters. The smallest absolute Gasteiger partial charge is 0.420 e. The molecule has 3 aromatic rings. The third-order valence-corrected chi connectivity index (χ3v) is 4.95. The van der Waals surface area contributed by atoms with Gasteiger partial charge in [-0.05, 0) is 25.0 Å². The first-order valence-corrected chi connectivity index (χ1v) is 9.54. The molecular formula is C20H23N5O4. The molecular weight excluding hydrogens is 374 g/mol. The zero-order valence-corrected chi connectivity index (χ0v) is 16.4. The molecule has 9 nitrogen and oxygen atoms in total. The summed E-state index contributed by atoms with van der Waals surface area (Å²) in [6, 6.07) is 7.09. The Bertz CT molecular complexity index is 1070. The van der Waals surface area contributed by atoms with Gasteiger partial charge in [-0.25, -0.2) is 14.8 Å². The maximum absolute atomic E-state index is 12.9. The quantitative estimate of drug-likeness (QED) is 0.644. The van der Waals surface area contributed by atoms with Gasteiger partial charge in [0.2, 0.25) is 5.91 Å². The number of piperidine rings is 1. The summed E-state index contributed by atoms with van der Waals surface area (Å²) in [4.78, 5) is 37.2. The van der Waals surface area contributed by atoms with Gasteiger partial charge < -0.3 is 19.0 Å². The van der Waals surface area contributed by atoms with Crippen molar-refractivity contribution in [2.75, 3.05) is 32.1 Å². The molecule has 3 heterocycles. The van der Waals surface area contributed by atoms with E-state index >= 15 is 0 Å². The monoisotopic (exact) mass is 397 g/mol. The predicted molar refractivity (Wildman–Crippen MR) is 107 cm³/mol. The summed E-state index contributed by atoms with van der Waals surface area (Å²) in [6.45, 7) is 1.01. The highest BCUT2D eigenvalue weighted by Gasteiger charge is 2.27. The number of fused-ring (bicyclic) bond motifs is 1. The topological polar surface area (TPSA) is 93.7 Å². The van der Waals surface area contributed by atoms with E-state index in [0.717, 1.165) is 12.8 Å². The van der Waals surface area contributed by atoms with E-state index < -0.39 is 5.76 Å². The van der Waals surface area contributed by atoms with E-state index in [0.29, 0.717) is 35.9 Å². The van der Waals surface area contributed by atoms with Gasteiger partial charge in [-0.2, -0.15) is 0 Å². The first-order chi connectivity index (χ1) is 14.0. The minimum atomic E-state index is -0.528. The van der Waals surface area contributed by atoms with Crippen LogP contribution in [0.2, 0.25) is 0 Å². The second-order valence-electron chi connectivity index (χ2n) is 7.22. The molecule has 29 heavy (non-hydrogen) atoms. The first kappa shape index (κ1) is 19.0. The summed E-state index contributed by atoms with van der Waals surface area (Å²) in [7, 11) is 3.75. The van der Waals surface area contributed by atoms with Crippen LogP contribution >= 0.6 is 0 Å². The molecule has 1 fully saturated rings. The average Bonchev–Trinajstić information content (AvgIpc) is 3.03. The molecule has 0 bridgehead atoms. The minimum Gasteiger partial charge on any atom is -0.470 e. The summed E-state index contributed by atoms with van der Waals surface area (Å²) in [5, 5.41) is 0. The molecule has 1 aliphatic rings. The standard InChI is InChI=1S/C20H23N5O4/c1-23(2)18-19(22-10-9-21-18)28-14-6-5-11-24(12-14)17(26)13-25-15-7-3-4-8-16(15)29-20(25)27/h3-4,7-10,14H,5-6,11-13H2,1-2H3/t14-/m1/s1. The number of hydrogen-bond donors (Lipinski definition) is 0. The molecule has 1 aliphatic heterocycles. The fourth-order valence-corrected chi connectivity index (χ4v) is 3.53. The Balaban J connectivity index is 1.46. The van der Waals surface area contributed by atoms with Crippen LogP contribution in [0.15, 0.2) is 45.9 Å². The minimum absolute atomic E-state index is 0.0589. The third kappa shape index (κ3) is 3.94. The van der Waals surface area contributed by atoms with Gasteiger partial charge in [0.15, 0.2) is 11.4 Å². The summed E-state index contributed by atoms with van der Waals surface area (Å²) in [5.74, 6) is 0.430. The predicted octanol–water partition coefficient (Wildman–Crippen LogP) is 1.52. The van der Waals surface area contributed by atoms with E-state index in [1.165, 1.54) is 4.57 Å². The molecule has 9 heteroatoms. The van der Waals surface area contributed by atoms with Gasteiger partial charge in [0.05, 0.1) is 12.1 Å². The second kappa shape index (κ2) is 7.94. The number of hydrogen-bond acceptors (Lipinski definition) is 7. The number of oxazole rings is 1. The number of carbonyl (C=O) groups excluding carboxylic acids is 1. The van der Waals surface area contributed by atoms with Crippen LogP contribution in [0.1, 0.15) is 12.8 Å². The number of aromatic nitrogens is 3. The Kier molecular flexibility index (Phi) is 5.20. The molecule has 1 atom stereocenters. The molecule has 1 amide bonds. The number of para-hydroxylation sites is 2. The number of likely N-dealkylation sites (tertiary alicyclic amines) is 1. The van der Waals surface area contributed by atoms with Crippen molar-refractivity contribution in [2.45, 2.75) is 25.5 Å². The van der Waals surface area contributed by atoms with Crippen molar-refractivity contribution in [1.29, 1.82) is 0 Å². The molecule has 0 saturated carbocycles. The lowest BCUT2D eigenvalue weighted by Crippen LogP contribution is -2.46. The Morgan fingerprint density at radius 1 is 1.28 bits per heavy atom. The van der Waals surface area contributed by atoms with Crippen molar-refractivity contribution in [3.05, 3.63) is 47.2 Å². The fourth-order valence-electron chi connectivity index (χ4n) is 3.53. The van der Waals surface area contributed by atoms with Crippen LogP contribution in [-0.2, 0) is 11.3 Å². The molecule has 4 rings (SSSR count). The number of benzene rings is 1. The lowest BCUT2D eigenvalue weighted by atomic mass is 10.1. The van der Waals surface area contributed by atoms with Crippen LogP contribution in [-0.4, -0.2) is 58.6 Å². The number of nitrogens with zero attached hydrogens (tertiary/aromatic N) is 5. The zero-order valence-electron chi connectivity index (χ0n) is 16.4. The first-order valence-electron chi connectivity index (χ1n) is 9.54. The number of carbonyl (C=O) groups is 1. The van der Waals surface area contributed by atoms with Crippen LogP contribution in [0.5, 0.6) is 5.88 Å². The fraction of sp³-hybridized carbons (Fsp3) is 0.400. The summed E-state index contributed by atoms with van der Waals surface area (Å²) in [5.41, 5.74) is 1.09. The van der Waals surface area contributed by atoms with Gasteiger partial charge in [0.25, 0.3) is 5.88 Å². The van der Waals surface area contributed by atoms with Crippen LogP contribution in [0, 0.1) is 0 Å². The van der Waals surface area contributed by atoms with Gasteiger partial charge in [0.1, 0.15) is 12.6 Å². The highest BCUT2D eigenvalue weighted by molar-refractivity contribution is 5.79. The SMILES string of the molecule is CN(C)c1nccnc1O[C@@H]1CCCN(C(=O)Cn2c(=O)oc3ccccc32)C1. The van der Waals surface area contributed by atoms with Gasteiger partial charge in [-0.15, -0.1) is 0 Å². The van der Waals surface area contributed by atoms with E-state index in [1.54, 1.807) is 35.5 Å². The lowest BCUT2D eigenvalue weighted by Gasteiger charge is -2.33. The van der Waals surface area contributed by atoms with E-state index in [-0.39, 0.29) is 18.6 Å². The van der Waals surface area contributed by atoms with Crippen molar-refractivity contribution < 1.29 is 13.9 Å². The molecule has 0 N–H and O–H groups in total. The summed E-state index contributed by atoms with van der Waals surface area (Å²) >= 11 is 0. The molecule has 0 aliphatic carbocycles. The van der Waals surface area contributed by atoms with Crippen LogP contribution < -0.4 is 15.4 Å². The van der Waals surface area contributed by atoms with Crippen LogP contribution in [0.4, 0.5) is 5.82 Å². The summed E-state index contributed by atoms with van der Waals surface area (Å²) < 4.78 is 12.6. The van der Waals surface area contributed by atoms with Gasteiger partial charge in [0, 0.05) is 33.0 Å². The van der Waals surface area contributed by atoms with E-state index in [1.807, 2.05) is 25.1 Å². The van der Waals surface area contributed by atoms with Crippen molar-refractivity contribution >= 4 is 22.8 Å². The number of amides is 1. The molecule has 0 spiro atoms. The van der Waals surface area contributed by atoms with Crippen molar-refractivity contribution in [3.8, 4) is 5.88 Å². The van der Waals surface area contributed by atoms with Gasteiger partial charge >= 0.3 is 5.76 Å².